The summed E-state index contributed by atoms with van der Waals surface area (Å²) in [5.41, 5.74) is 3.23. The van der Waals surface area contributed by atoms with Crippen LogP contribution in [0.1, 0.15) is 21.5 Å². The number of carboxylic acid groups (broad SMARTS) is 1. The van der Waals surface area contributed by atoms with Crippen molar-refractivity contribution in [2.24, 2.45) is 0 Å². The molecule has 0 aromatic heterocycles. The van der Waals surface area contributed by atoms with Crippen LogP contribution >= 0.6 is 0 Å². The summed E-state index contributed by atoms with van der Waals surface area (Å²) >= 11 is 0. The molecule has 0 unspecified atom stereocenters. The number of carbonyl (C=O) groups is 1. The highest BCUT2D eigenvalue weighted by atomic mass is 19.1. The average molecular weight is 244 g/mol. The Hall–Kier alpha value is -2.16. The van der Waals surface area contributed by atoms with Crippen LogP contribution in [0, 0.1) is 19.7 Å². The molecule has 0 spiro atoms. The minimum atomic E-state index is -1.05. The van der Waals surface area contributed by atoms with Gasteiger partial charge in [0.25, 0.3) is 0 Å². The van der Waals surface area contributed by atoms with Crippen LogP contribution in [-0.4, -0.2) is 11.1 Å². The molecule has 0 saturated carbocycles. The molecule has 1 N–H and O–H groups in total. The Morgan fingerprint density at radius 3 is 2.44 bits per heavy atom. The lowest BCUT2D eigenvalue weighted by atomic mass is 9.94. The highest BCUT2D eigenvalue weighted by Gasteiger charge is 2.14. The van der Waals surface area contributed by atoms with Gasteiger partial charge in [-0.2, -0.15) is 0 Å². The monoisotopic (exact) mass is 244 g/mol. The largest absolute Gasteiger partial charge is 0.478 e. The maximum Gasteiger partial charge on any atom is 0.336 e. The van der Waals surface area contributed by atoms with Crippen LogP contribution in [0.4, 0.5) is 4.39 Å². The third-order valence-electron chi connectivity index (χ3n) is 2.90. The first-order valence-corrected chi connectivity index (χ1v) is 5.59. The molecular weight excluding hydrogens is 231 g/mol. The van der Waals surface area contributed by atoms with Crippen molar-refractivity contribution < 1.29 is 14.3 Å². The Bertz CT molecular complexity index is 618. The number of halogens is 1. The normalized spacial score (nSPS) is 10.4. The van der Waals surface area contributed by atoms with E-state index in [1.54, 1.807) is 0 Å². The molecule has 2 aromatic carbocycles. The minimum absolute atomic E-state index is 0.116. The number of hydrogen-bond donors (Lipinski definition) is 1. The molecule has 0 aliphatic rings. The standard InChI is InChI=1S/C15H13FO2/c1-9-3-4-10(2)13(7-9)14-8-11(16)5-6-12(14)15(17)18/h3-8H,1-2H3,(H,17,18). The van der Waals surface area contributed by atoms with E-state index in [0.717, 1.165) is 22.8 Å². The minimum Gasteiger partial charge on any atom is -0.478 e. The van der Waals surface area contributed by atoms with Gasteiger partial charge in [0.15, 0.2) is 0 Å². The maximum atomic E-state index is 13.3. The quantitative estimate of drug-likeness (QED) is 0.872. The molecule has 2 rings (SSSR count). The van der Waals surface area contributed by atoms with Crippen molar-refractivity contribution in [2.45, 2.75) is 13.8 Å². The summed E-state index contributed by atoms with van der Waals surface area (Å²) in [7, 11) is 0. The summed E-state index contributed by atoms with van der Waals surface area (Å²) < 4.78 is 13.3. The number of aryl methyl sites for hydroxylation is 2. The van der Waals surface area contributed by atoms with Crippen molar-refractivity contribution >= 4 is 5.97 Å². The fourth-order valence-corrected chi connectivity index (χ4v) is 1.95. The lowest BCUT2D eigenvalue weighted by Crippen LogP contribution is -2.01. The summed E-state index contributed by atoms with van der Waals surface area (Å²) in [5.74, 6) is -1.48. The molecule has 0 aliphatic carbocycles. The van der Waals surface area contributed by atoms with Gasteiger partial charge in [-0.3, -0.25) is 0 Å². The van der Waals surface area contributed by atoms with Gasteiger partial charge < -0.3 is 5.11 Å². The lowest BCUT2D eigenvalue weighted by Gasteiger charge is -2.10. The van der Waals surface area contributed by atoms with Crippen molar-refractivity contribution in [1.82, 2.24) is 0 Å². The fraction of sp³-hybridized carbons (Fsp3) is 0.133. The van der Waals surface area contributed by atoms with Crippen LogP contribution in [-0.2, 0) is 0 Å². The first-order valence-electron chi connectivity index (χ1n) is 5.59. The van der Waals surface area contributed by atoms with Crippen LogP contribution in [0.2, 0.25) is 0 Å². The van der Waals surface area contributed by atoms with Gasteiger partial charge in [0.1, 0.15) is 5.82 Å². The second-order valence-corrected chi connectivity index (χ2v) is 4.31. The van der Waals surface area contributed by atoms with Crippen molar-refractivity contribution in [3.63, 3.8) is 0 Å². The smallest absolute Gasteiger partial charge is 0.336 e. The lowest BCUT2D eigenvalue weighted by molar-refractivity contribution is 0.0697. The molecule has 0 amide bonds. The van der Waals surface area contributed by atoms with E-state index in [0.29, 0.717) is 5.56 Å². The van der Waals surface area contributed by atoms with Gasteiger partial charge in [0.05, 0.1) is 5.56 Å². The molecule has 0 saturated heterocycles. The zero-order chi connectivity index (χ0) is 13.3. The van der Waals surface area contributed by atoms with E-state index in [4.69, 9.17) is 5.11 Å². The number of aromatic carboxylic acids is 1. The van der Waals surface area contributed by atoms with E-state index < -0.39 is 11.8 Å². The predicted octanol–water partition coefficient (Wildman–Crippen LogP) is 3.81. The molecule has 92 valence electrons. The second-order valence-electron chi connectivity index (χ2n) is 4.31. The second kappa shape index (κ2) is 4.61. The molecule has 0 heterocycles. The molecule has 18 heavy (non-hydrogen) atoms. The van der Waals surface area contributed by atoms with Crippen molar-refractivity contribution in [3.05, 3.63) is 58.9 Å². The third-order valence-corrected chi connectivity index (χ3v) is 2.90. The third kappa shape index (κ3) is 2.25. The van der Waals surface area contributed by atoms with Gasteiger partial charge in [-0.15, -0.1) is 0 Å². The topological polar surface area (TPSA) is 37.3 Å². The van der Waals surface area contributed by atoms with Crippen LogP contribution in [0.15, 0.2) is 36.4 Å². The van der Waals surface area contributed by atoms with Crippen LogP contribution in [0.5, 0.6) is 0 Å². The molecule has 2 aromatic rings. The number of carboxylic acids is 1. The first-order chi connectivity index (χ1) is 8.49. The van der Waals surface area contributed by atoms with Crippen molar-refractivity contribution in [2.75, 3.05) is 0 Å². The van der Waals surface area contributed by atoms with E-state index in [1.165, 1.54) is 12.1 Å². The van der Waals surface area contributed by atoms with Crippen molar-refractivity contribution in [1.29, 1.82) is 0 Å². The first kappa shape index (κ1) is 12.3. The molecule has 0 radical (unpaired) electrons. The number of rotatable bonds is 2. The van der Waals surface area contributed by atoms with E-state index in [2.05, 4.69) is 0 Å². The maximum absolute atomic E-state index is 13.3. The Kier molecular flexibility index (Phi) is 3.15. The fourth-order valence-electron chi connectivity index (χ4n) is 1.95. The molecule has 2 nitrogen and oxygen atoms in total. The summed E-state index contributed by atoms with van der Waals surface area (Å²) in [4.78, 5) is 11.2. The van der Waals surface area contributed by atoms with Crippen molar-refractivity contribution in [3.8, 4) is 11.1 Å². The van der Waals surface area contributed by atoms with E-state index in [-0.39, 0.29) is 5.56 Å². The van der Waals surface area contributed by atoms with Gasteiger partial charge in [0.2, 0.25) is 0 Å². The van der Waals surface area contributed by atoms with Crippen LogP contribution in [0.3, 0.4) is 0 Å². The summed E-state index contributed by atoms with van der Waals surface area (Å²) in [5, 5.41) is 9.16. The van der Waals surface area contributed by atoms with Gasteiger partial charge in [0, 0.05) is 0 Å². The molecular formula is C15H13FO2. The Labute approximate surface area is 105 Å². The van der Waals surface area contributed by atoms with E-state index in [1.807, 2.05) is 32.0 Å². The van der Waals surface area contributed by atoms with E-state index in [9.17, 15) is 9.18 Å². The van der Waals surface area contributed by atoms with E-state index >= 15 is 0 Å². The summed E-state index contributed by atoms with van der Waals surface area (Å²) in [6, 6.07) is 9.45. The zero-order valence-electron chi connectivity index (χ0n) is 10.2. The molecule has 0 aliphatic heterocycles. The highest BCUT2D eigenvalue weighted by Crippen LogP contribution is 2.28. The Balaban J connectivity index is 2.73. The molecule has 3 heteroatoms. The average Bonchev–Trinajstić information content (AvgIpc) is 2.31. The zero-order valence-corrected chi connectivity index (χ0v) is 10.2. The highest BCUT2D eigenvalue weighted by molar-refractivity contribution is 5.96. The van der Waals surface area contributed by atoms with Crippen LogP contribution < -0.4 is 0 Å². The molecule has 0 fully saturated rings. The Morgan fingerprint density at radius 1 is 1.06 bits per heavy atom. The predicted molar refractivity (Wildman–Crippen MR) is 68.3 cm³/mol. The van der Waals surface area contributed by atoms with Gasteiger partial charge >= 0.3 is 5.97 Å². The molecule has 0 atom stereocenters. The summed E-state index contributed by atoms with van der Waals surface area (Å²) in [6.45, 7) is 3.80. The van der Waals surface area contributed by atoms with Crippen LogP contribution in [0.25, 0.3) is 11.1 Å². The number of benzene rings is 2. The van der Waals surface area contributed by atoms with Gasteiger partial charge in [-0.1, -0.05) is 23.8 Å². The molecule has 0 bridgehead atoms. The van der Waals surface area contributed by atoms with Gasteiger partial charge in [-0.25, -0.2) is 9.18 Å². The Morgan fingerprint density at radius 2 is 1.78 bits per heavy atom. The summed E-state index contributed by atoms with van der Waals surface area (Å²) in [6.07, 6.45) is 0. The van der Waals surface area contributed by atoms with Gasteiger partial charge in [-0.05, 0) is 48.7 Å². The SMILES string of the molecule is Cc1ccc(C)c(-c2cc(F)ccc2C(=O)O)c1. The number of hydrogen-bond acceptors (Lipinski definition) is 1.